The minimum Gasteiger partial charge on any atom is -0.410 e. The van der Waals surface area contributed by atoms with E-state index in [0.717, 1.165) is 4.88 Å². The number of ether oxygens (including phenoxy) is 1. The number of hydrogen-bond donors (Lipinski definition) is 2. The molecule has 0 aliphatic heterocycles. The van der Waals surface area contributed by atoms with Crippen LogP contribution in [-0.2, 0) is 0 Å². The van der Waals surface area contributed by atoms with Crippen LogP contribution in [0.5, 0.6) is 5.75 Å². The molecule has 0 aliphatic carbocycles. The van der Waals surface area contributed by atoms with Gasteiger partial charge in [-0.05, 0) is 23.6 Å². The normalized spacial score (nSPS) is 10.2. The van der Waals surface area contributed by atoms with Gasteiger partial charge in [0.1, 0.15) is 5.75 Å². The lowest BCUT2D eigenvalue weighted by atomic mass is 10.3. The summed E-state index contributed by atoms with van der Waals surface area (Å²) in [7, 11) is 0. The molecule has 1 aromatic carbocycles. The van der Waals surface area contributed by atoms with Gasteiger partial charge in [-0.15, -0.1) is 11.3 Å². The summed E-state index contributed by atoms with van der Waals surface area (Å²) >= 11 is 1.50. The molecule has 0 aliphatic rings. The summed E-state index contributed by atoms with van der Waals surface area (Å²) < 4.78 is 10.2. The largest absolute Gasteiger partial charge is 0.412 e. The summed E-state index contributed by atoms with van der Waals surface area (Å²) in [4.78, 5) is 24.5. The van der Waals surface area contributed by atoms with Gasteiger partial charge in [0, 0.05) is 19.2 Å². The highest BCUT2D eigenvalue weighted by molar-refractivity contribution is 7.13. The molecule has 7 nitrogen and oxygen atoms in total. The molecule has 0 atom stereocenters. The average Bonchev–Trinajstić information content (AvgIpc) is 3.30. The fraction of sp³-hybridized carbons (Fsp3) is 0.118. The molecule has 0 saturated heterocycles. The molecule has 3 aromatic rings. The Morgan fingerprint density at radius 1 is 1.08 bits per heavy atom. The predicted molar refractivity (Wildman–Crippen MR) is 92.6 cm³/mol. The van der Waals surface area contributed by atoms with Crippen molar-refractivity contribution in [3.8, 4) is 16.4 Å². The van der Waals surface area contributed by atoms with E-state index in [1.165, 1.54) is 11.3 Å². The standard InChI is InChI=1S/C17H15N3O4S/c21-16(13-11-14(24-20-13)15-7-4-10-25-15)18-8-9-19-17(22)23-12-5-2-1-3-6-12/h1-7,10-11H,8-9H2,(H,18,21)(H,19,22). The van der Waals surface area contributed by atoms with Crippen molar-refractivity contribution in [2.75, 3.05) is 13.1 Å². The molecule has 2 N–H and O–H groups in total. The van der Waals surface area contributed by atoms with Crippen LogP contribution in [0.1, 0.15) is 10.5 Å². The molecule has 0 unspecified atom stereocenters. The third-order valence-electron chi connectivity index (χ3n) is 3.14. The van der Waals surface area contributed by atoms with Crippen LogP contribution < -0.4 is 15.4 Å². The first kappa shape index (κ1) is 16.7. The zero-order chi connectivity index (χ0) is 17.5. The minimum atomic E-state index is -0.582. The number of amides is 2. The van der Waals surface area contributed by atoms with Gasteiger partial charge in [-0.3, -0.25) is 4.79 Å². The van der Waals surface area contributed by atoms with Crippen LogP contribution >= 0.6 is 11.3 Å². The summed E-state index contributed by atoms with van der Waals surface area (Å²) in [6, 6.07) is 14.1. The zero-order valence-electron chi connectivity index (χ0n) is 13.1. The molecule has 8 heteroatoms. The highest BCUT2D eigenvalue weighted by Crippen LogP contribution is 2.24. The highest BCUT2D eigenvalue weighted by Gasteiger charge is 2.13. The second-order valence-corrected chi connectivity index (χ2v) is 5.89. The van der Waals surface area contributed by atoms with Crippen LogP contribution in [0.25, 0.3) is 10.6 Å². The monoisotopic (exact) mass is 357 g/mol. The van der Waals surface area contributed by atoms with E-state index in [9.17, 15) is 9.59 Å². The maximum atomic E-state index is 12.0. The van der Waals surface area contributed by atoms with Gasteiger partial charge in [0.2, 0.25) is 0 Å². The second kappa shape index (κ2) is 8.11. The number of nitrogens with one attached hydrogen (secondary N) is 2. The van der Waals surface area contributed by atoms with Gasteiger partial charge in [-0.25, -0.2) is 4.79 Å². The molecular weight excluding hydrogens is 342 g/mol. The summed E-state index contributed by atoms with van der Waals surface area (Å²) in [5.74, 6) is 0.627. The first-order chi connectivity index (χ1) is 12.2. The first-order valence-electron chi connectivity index (χ1n) is 7.52. The van der Waals surface area contributed by atoms with Gasteiger partial charge in [-0.1, -0.05) is 29.4 Å². The van der Waals surface area contributed by atoms with E-state index in [-0.39, 0.29) is 24.7 Å². The van der Waals surface area contributed by atoms with Crippen molar-refractivity contribution in [1.29, 1.82) is 0 Å². The molecule has 2 amide bonds. The fourth-order valence-electron chi connectivity index (χ4n) is 1.98. The number of para-hydroxylation sites is 1. The van der Waals surface area contributed by atoms with Gasteiger partial charge in [0.05, 0.1) is 4.88 Å². The van der Waals surface area contributed by atoms with Crippen molar-refractivity contribution < 1.29 is 18.8 Å². The van der Waals surface area contributed by atoms with E-state index in [1.54, 1.807) is 30.3 Å². The van der Waals surface area contributed by atoms with Crippen molar-refractivity contribution in [2.45, 2.75) is 0 Å². The fourth-order valence-corrected chi connectivity index (χ4v) is 2.65. The Balaban J connectivity index is 1.40. The highest BCUT2D eigenvalue weighted by atomic mass is 32.1. The average molecular weight is 357 g/mol. The van der Waals surface area contributed by atoms with Crippen LogP contribution in [0, 0.1) is 0 Å². The molecule has 0 saturated carbocycles. The topological polar surface area (TPSA) is 93.5 Å². The molecule has 0 fully saturated rings. The zero-order valence-corrected chi connectivity index (χ0v) is 13.9. The number of carbonyl (C=O) groups is 2. The Hall–Kier alpha value is -3.13. The van der Waals surface area contributed by atoms with Crippen molar-refractivity contribution in [1.82, 2.24) is 15.8 Å². The number of aromatic nitrogens is 1. The lowest BCUT2D eigenvalue weighted by Crippen LogP contribution is -2.36. The lowest BCUT2D eigenvalue weighted by Gasteiger charge is -2.06. The number of thiophene rings is 1. The summed E-state index contributed by atoms with van der Waals surface area (Å²) in [6.07, 6.45) is -0.582. The number of nitrogens with zero attached hydrogens (tertiary/aromatic N) is 1. The molecule has 128 valence electrons. The van der Waals surface area contributed by atoms with Gasteiger partial charge in [0.15, 0.2) is 11.5 Å². The van der Waals surface area contributed by atoms with E-state index in [0.29, 0.717) is 11.5 Å². The van der Waals surface area contributed by atoms with E-state index in [2.05, 4.69) is 15.8 Å². The quantitative estimate of drug-likeness (QED) is 0.662. The molecule has 0 radical (unpaired) electrons. The third kappa shape index (κ3) is 4.67. The van der Waals surface area contributed by atoms with Crippen LogP contribution in [0.2, 0.25) is 0 Å². The third-order valence-corrected chi connectivity index (χ3v) is 4.02. The number of carbonyl (C=O) groups excluding carboxylic acids is 2. The van der Waals surface area contributed by atoms with Gasteiger partial charge in [0.25, 0.3) is 5.91 Å². The maximum absolute atomic E-state index is 12.0. The Labute approximate surface area is 147 Å². The summed E-state index contributed by atoms with van der Waals surface area (Å²) in [5, 5.41) is 10.9. The van der Waals surface area contributed by atoms with Crippen LogP contribution in [0.4, 0.5) is 4.79 Å². The van der Waals surface area contributed by atoms with Crippen LogP contribution in [-0.4, -0.2) is 30.2 Å². The molecule has 0 spiro atoms. The van der Waals surface area contributed by atoms with Gasteiger partial charge in [-0.2, -0.15) is 0 Å². The Morgan fingerprint density at radius 3 is 2.64 bits per heavy atom. The predicted octanol–water partition coefficient (Wildman–Crippen LogP) is 2.92. The molecule has 0 bridgehead atoms. The van der Waals surface area contributed by atoms with Crippen molar-refractivity contribution in [3.63, 3.8) is 0 Å². The smallest absolute Gasteiger partial charge is 0.410 e. The summed E-state index contributed by atoms with van der Waals surface area (Å²) in [6.45, 7) is 0.469. The molecule has 3 rings (SSSR count). The van der Waals surface area contributed by atoms with E-state index in [4.69, 9.17) is 9.26 Å². The van der Waals surface area contributed by atoms with Crippen molar-refractivity contribution >= 4 is 23.3 Å². The molecule has 2 aromatic heterocycles. The Bertz CT molecular complexity index is 831. The van der Waals surface area contributed by atoms with Crippen LogP contribution in [0.15, 0.2) is 58.4 Å². The first-order valence-corrected chi connectivity index (χ1v) is 8.40. The Morgan fingerprint density at radius 2 is 1.88 bits per heavy atom. The lowest BCUT2D eigenvalue weighted by molar-refractivity contribution is 0.0944. The molecule has 2 heterocycles. The number of rotatable bonds is 6. The van der Waals surface area contributed by atoms with Crippen molar-refractivity contribution in [3.05, 3.63) is 59.6 Å². The summed E-state index contributed by atoms with van der Waals surface area (Å²) in [5.41, 5.74) is 0.190. The van der Waals surface area contributed by atoms with Gasteiger partial charge < -0.3 is 19.9 Å². The van der Waals surface area contributed by atoms with E-state index < -0.39 is 6.09 Å². The number of hydrogen-bond acceptors (Lipinski definition) is 6. The molecular formula is C17H15N3O4S. The maximum Gasteiger partial charge on any atom is 0.412 e. The number of benzene rings is 1. The van der Waals surface area contributed by atoms with Gasteiger partial charge >= 0.3 is 6.09 Å². The minimum absolute atomic E-state index is 0.190. The van der Waals surface area contributed by atoms with E-state index in [1.807, 2.05) is 23.6 Å². The SMILES string of the molecule is O=C(NCCNC(=O)c1cc(-c2cccs2)on1)Oc1ccccc1. The Kier molecular flexibility index (Phi) is 5.43. The molecule has 25 heavy (non-hydrogen) atoms. The second-order valence-electron chi connectivity index (χ2n) is 4.94. The van der Waals surface area contributed by atoms with E-state index >= 15 is 0 Å². The van der Waals surface area contributed by atoms with Crippen molar-refractivity contribution in [2.24, 2.45) is 0 Å². The van der Waals surface area contributed by atoms with Crippen LogP contribution in [0.3, 0.4) is 0 Å².